The Morgan fingerprint density at radius 2 is 2.00 bits per heavy atom. The Morgan fingerprint density at radius 3 is 2.88 bits per heavy atom. The molecule has 25 heavy (non-hydrogen) atoms. The van der Waals surface area contributed by atoms with Gasteiger partial charge in [0, 0.05) is 10.4 Å². The van der Waals surface area contributed by atoms with Crippen molar-refractivity contribution in [3.8, 4) is 11.3 Å². The number of oxazole rings is 1. The number of rotatable bonds is 4. The van der Waals surface area contributed by atoms with Gasteiger partial charge in [-0.3, -0.25) is 0 Å². The van der Waals surface area contributed by atoms with Crippen LogP contribution in [0.4, 0.5) is 0 Å². The molecule has 0 saturated carbocycles. The summed E-state index contributed by atoms with van der Waals surface area (Å²) in [6.07, 6.45) is 7.49. The molecule has 4 nitrogen and oxygen atoms in total. The number of hydrogen-bond donors (Lipinski definition) is 0. The molecule has 0 spiro atoms. The van der Waals surface area contributed by atoms with Gasteiger partial charge in [-0.1, -0.05) is 36.8 Å². The number of aromatic nitrogens is 1. The molecule has 4 rings (SSSR count). The van der Waals surface area contributed by atoms with Gasteiger partial charge in [-0.15, -0.1) is 11.3 Å². The summed E-state index contributed by atoms with van der Waals surface area (Å²) in [5, 5.41) is 0. The number of carbonyl (C=O) groups is 1. The smallest absolute Gasteiger partial charge is 0.348 e. The molecule has 0 atom stereocenters. The normalized spacial score (nSPS) is 13.9. The Balaban J connectivity index is 1.40. The monoisotopic (exact) mass is 353 g/mol. The number of benzene rings is 1. The molecule has 2 heterocycles. The zero-order chi connectivity index (χ0) is 17.1. The number of hydrogen-bond acceptors (Lipinski definition) is 5. The van der Waals surface area contributed by atoms with Gasteiger partial charge in [-0.25, -0.2) is 9.78 Å². The lowest BCUT2D eigenvalue weighted by Crippen LogP contribution is -2.03. The van der Waals surface area contributed by atoms with Crippen LogP contribution in [0.2, 0.25) is 0 Å². The summed E-state index contributed by atoms with van der Waals surface area (Å²) in [7, 11) is 0. The van der Waals surface area contributed by atoms with Crippen molar-refractivity contribution < 1.29 is 13.9 Å². The van der Waals surface area contributed by atoms with E-state index in [-0.39, 0.29) is 12.6 Å². The van der Waals surface area contributed by atoms with Crippen LogP contribution >= 0.6 is 11.3 Å². The molecule has 0 radical (unpaired) electrons. The maximum atomic E-state index is 12.3. The molecule has 3 aromatic rings. The number of nitrogens with zero attached hydrogens (tertiary/aromatic N) is 1. The van der Waals surface area contributed by atoms with Gasteiger partial charge in [0.1, 0.15) is 4.88 Å². The van der Waals surface area contributed by atoms with Crippen molar-refractivity contribution in [3.63, 3.8) is 0 Å². The van der Waals surface area contributed by atoms with Crippen LogP contribution in [0.25, 0.3) is 11.3 Å². The first-order valence-electron chi connectivity index (χ1n) is 8.58. The van der Waals surface area contributed by atoms with Gasteiger partial charge in [0.2, 0.25) is 5.89 Å². The molecule has 0 unspecified atom stereocenters. The van der Waals surface area contributed by atoms with Crippen molar-refractivity contribution in [1.29, 1.82) is 0 Å². The van der Waals surface area contributed by atoms with E-state index in [9.17, 15) is 4.79 Å². The average Bonchev–Trinajstić information content (AvgIpc) is 3.23. The molecule has 1 aliphatic rings. The third kappa shape index (κ3) is 3.66. The molecule has 128 valence electrons. The summed E-state index contributed by atoms with van der Waals surface area (Å²) < 4.78 is 11.1. The van der Waals surface area contributed by atoms with Crippen LogP contribution in [-0.2, 0) is 24.2 Å². The predicted molar refractivity (Wildman–Crippen MR) is 96.6 cm³/mol. The minimum Gasteiger partial charge on any atom is -0.451 e. The van der Waals surface area contributed by atoms with E-state index in [0.29, 0.717) is 16.5 Å². The van der Waals surface area contributed by atoms with Crippen LogP contribution in [0.15, 0.2) is 47.0 Å². The van der Waals surface area contributed by atoms with E-state index >= 15 is 0 Å². The highest BCUT2D eigenvalue weighted by atomic mass is 32.1. The van der Waals surface area contributed by atoms with E-state index in [1.807, 2.05) is 36.4 Å². The van der Waals surface area contributed by atoms with Crippen molar-refractivity contribution in [3.05, 3.63) is 63.8 Å². The highest BCUT2D eigenvalue weighted by molar-refractivity contribution is 7.14. The van der Waals surface area contributed by atoms with Crippen LogP contribution in [0.1, 0.15) is 45.3 Å². The lowest BCUT2D eigenvalue weighted by Gasteiger charge is -2.00. The topological polar surface area (TPSA) is 52.3 Å². The van der Waals surface area contributed by atoms with Crippen molar-refractivity contribution in [2.75, 3.05) is 0 Å². The Morgan fingerprint density at radius 1 is 1.16 bits per heavy atom. The van der Waals surface area contributed by atoms with E-state index in [0.717, 1.165) is 18.4 Å². The summed E-state index contributed by atoms with van der Waals surface area (Å²) >= 11 is 1.57. The fraction of sp³-hybridized carbons (Fsp3) is 0.300. The standard InChI is InChI=1S/C20H19NO3S/c22-20(18-11-15-9-5-2-6-10-17(15)25-18)23-13-19-21-12-16(24-19)14-7-3-1-4-8-14/h1,3-4,7-8,11-12H,2,5-6,9-10,13H2. The van der Waals surface area contributed by atoms with Crippen molar-refractivity contribution in [2.24, 2.45) is 0 Å². The lowest BCUT2D eigenvalue weighted by atomic mass is 10.1. The first-order chi connectivity index (χ1) is 12.3. The first-order valence-corrected chi connectivity index (χ1v) is 9.40. The number of ether oxygens (including phenoxy) is 1. The number of fused-ring (bicyclic) bond motifs is 1. The highest BCUT2D eigenvalue weighted by Crippen LogP contribution is 2.29. The van der Waals surface area contributed by atoms with Gasteiger partial charge in [0.25, 0.3) is 0 Å². The molecular formula is C20H19NO3S. The number of carbonyl (C=O) groups excluding carboxylic acids is 1. The van der Waals surface area contributed by atoms with Crippen molar-refractivity contribution in [2.45, 2.75) is 38.7 Å². The Labute approximate surface area is 150 Å². The molecule has 0 bridgehead atoms. The maximum absolute atomic E-state index is 12.3. The van der Waals surface area contributed by atoms with Crippen molar-refractivity contribution >= 4 is 17.3 Å². The van der Waals surface area contributed by atoms with E-state index in [2.05, 4.69) is 4.98 Å². The van der Waals surface area contributed by atoms with Crippen LogP contribution in [0.3, 0.4) is 0 Å². The molecule has 0 saturated heterocycles. The van der Waals surface area contributed by atoms with E-state index < -0.39 is 0 Å². The minimum atomic E-state index is -0.294. The highest BCUT2D eigenvalue weighted by Gasteiger charge is 2.18. The lowest BCUT2D eigenvalue weighted by molar-refractivity contribution is 0.0444. The molecule has 0 amide bonds. The van der Waals surface area contributed by atoms with E-state index in [1.165, 1.54) is 29.7 Å². The largest absolute Gasteiger partial charge is 0.451 e. The summed E-state index contributed by atoms with van der Waals surface area (Å²) in [5.41, 5.74) is 2.27. The minimum absolute atomic E-state index is 0.0498. The summed E-state index contributed by atoms with van der Waals surface area (Å²) in [5.74, 6) is 0.789. The number of thiophene rings is 1. The van der Waals surface area contributed by atoms with Crippen molar-refractivity contribution in [1.82, 2.24) is 4.98 Å². The Kier molecular flexibility index (Phi) is 4.65. The molecule has 0 fully saturated rings. The molecule has 5 heteroatoms. The van der Waals surface area contributed by atoms with Gasteiger partial charge in [-0.05, 0) is 37.3 Å². The van der Waals surface area contributed by atoms with E-state index in [1.54, 1.807) is 17.5 Å². The average molecular weight is 353 g/mol. The molecule has 2 aromatic heterocycles. The van der Waals surface area contributed by atoms with Gasteiger partial charge in [-0.2, -0.15) is 0 Å². The Bertz CT molecular complexity index is 843. The molecule has 0 aliphatic heterocycles. The van der Waals surface area contributed by atoms with Crippen LogP contribution < -0.4 is 0 Å². The second kappa shape index (κ2) is 7.23. The third-order valence-electron chi connectivity index (χ3n) is 4.39. The molecule has 1 aromatic carbocycles. The van der Waals surface area contributed by atoms with Gasteiger partial charge >= 0.3 is 5.97 Å². The first kappa shape index (κ1) is 16.1. The molecule has 1 aliphatic carbocycles. The zero-order valence-electron chi connectivity index (χ0n) is 13.9. The fourth-order valence-corrected chi connectivity index (χ4v) is 4.23. The van der Waals surface area contributed by atoms with Gasteiger partial charge in [0.15, 0.2) is 12.4 Å². The summed E-state index contributed by atoms with van der Waals surface area (Å²) in [4.78, 5) is 18.5. The van der Waals surface area contributed by atoms with Crippen LogP contribution in [0.5, 0.6) is 0 Å². The Hall–Kier alpha value is -2.40. The predicted octanol–water partition coefficient (Wildman–Crippen LogP) is 5.03. The molecule has 0 N–H and O–H groups in total. The van der Waals surface area contributed by atoms with E-state index in [4.69, 9.17) is 9.15 Å². The SMILES string of the molecule is O=C(OCc1ncc(-c2ccccc2)o1)c1cc2c(s1)CCCCC2. The van der Waals surface area contributed by atoms with Crippen LogP contribution in [0, 0.1) is 0 Å². The summed E-state index contributed by atoms with van der Waals surface area (Å²) in [6, 6.07) is 11.7. The quantitative estimate of drug-likeness (QED) is 0.488. The van der Waals surface area contributed by atoms with Crippen LogP contribution in [-0.4, -0.2) is 11.0 Å². The number of esters is 1. The zero-order valence-corrected chi connectivity index (χ0v) is 14.7. The second-order valence-electron chi connectivity index (χ2n) is 6.18. The summed E-state index contributed by atoms with van der Waals surface area (Å²) in [6.45, 7) is 0.0498. The fourth-order valence-electron chi connectivity index (χ4n) is 3.08. The maximum Gasteiger partial charge on any atom is 0.348 e. The number of aryl methyl sites for hydroxylation is 2. The molecular weight excluding hydrogens is 334 g/mol. The second-order valence-corrected chi connectivity index (χ2v) is 7.32. The van der Waals surface area contributed by atoms with Gasteiger partial charge in [0.05, 0.1) is 6.20 Å². The van der Waals surface area contributed by atoms with Gasteiger partial charge < -0.3 is 9.15 Å². The third-order valence-corrected chi connectivity index (χ3v) is 5.60.